The number of piperidine rings is 1. The van der Waals surface area contributed by atoms with Crippen molar-refractivity contribution in [3.05, 3.63) is 58.8 Å². The smallest absolute Gasteiger partial charge is 0.255 e. The number of nitrogens with one attached hydrogen (secondary N) is 1. The van der Waals surface area contributed by atoms with Crippen molar-refractivity contribution in [3.63, 3.8) is 0 Å². The van der Waals surface area contributed by atoms with Crippen molar-refractivity contribution in [1.29, 1.82) is 0 Å². The number of rotatable bonds is 5. The van der Waals surface area contributed by atoms with Crippen LogP contribution < -0.4 is 11.1 Å². The summed E-state index contributed by atoms with van der Waals surface area (Å²) in [5.74, 6) is -0.335. The molecule has 0 saturated carbocycles. The number of nitrogen functional groups attached to an aromatic ring is 1. The molecular weight excluding hydrogens is 370 g/mol. The van der Waals surface area contributed by atoms with Crippen LogP contribution in [0.5, 0.6) is 0 Å². The molecule has 1 fully saturated rings. The van der Waals surface area contributed by atoms with Gasteiger partial charge in [0.15, 0.2) is 0 Å². The minimum atomic E-state index is -0.598. The van der Waals surface area contributed by atoms with E-state index in [0.717, 1.165) is 16.7 Å². The predicted octanol–water partition coefficient (Wildman–Crippen LogP) is 1.06. The third kappa shape index (κ3) is 3.84. The van der Waals surface area contributed by atoms with Crippen LogP contribution in [0.25, 0.3) is 0 Å². The Hall–Kier alpha value is -3.26. The Labute approximate surface area is 168 Å². The summed E-state index contributed by atoms with van der Waals surface area (Å²) in [6.45, 7) is 1.74. The Morgan fingerprint density at radius 3 is 2.76 bits per heavy atom. The van der Waals surface area contributed by atoms with Crippen molar-refractivity contribution in [1.82, 2.24) is 20.1 Å². The first-order valence-corrected chi connectivity index (χ1v) is 9.57. The maximum atomic E-state index is 12.9. The van der Waals surface area contributed by atoms with Crippen molar-refractivity contribution in [2.45, 2.75) is 38.5 Å². The summed E-state index contributed by atoms with van der Waals surface area (Å²) in [5.41, 5.74) is 9.33. The lowest BCUT2D eigenvalue weighted by Gasteiger charge is -2.29. The second kappa shape index (κ2) is 7.63. The second-order valence-corrected chi connectivity index (χ2v) is 7.61. The van der Waals surface area contributed by atoms with Gasteiger partial charge in [-0.2, -0.15) is 0 Å². The Balaban J connectivity index is 1.50. The maximum Gasteiger partial charge on any atom is 0.255 e. The van der Waals surface area contributed by atoms with Gasteiger partial charge < -0.3 is 10.6 Å². The van der Waals surface area contributed by atoms with E-state index in [4.69, 9.17) is 5.73 Å². The molecule has 1 aromatic heterocycles. The number of hydrogen-bond acceptors (Lipinski definition) is 6. The van der Waals surface area contributed by atoms with Crippen molar-refractivity contribution >= 4 is 23.5 Å². The molecule has 150 valence electrons. The Kier molecular flexibility index (Phi) is 5.02. The summed E-state index contributed by atoms with van der Waals surface area (Å²) in [6, 6.07) is 8.81. The number of nitrogens with zero attached hydrogens (tertiary/aromatic N) is 3. The predicted molar refractivity (Wildman–Crippen MR) is 106 cm³/mol. The van der Waals surface area contributed by atoms with Gasteiger partial charge in [0.2, 0.25) is 11.8 Å². The fraction of sp³-hybridized carbons (Fsp3) is 0.333. The molecule has 1 aromatic carbocycles. The molecule has 3 N–H and O–H groups in total. The van der Waals surface area contributed by atoms with Crippen molar-refractivity contribution in [2.24, 2.45) is 0 Å². The highest BCUT2D eigenvalue weighted by molar-refractivity contribution is 6.05. The van der Waals surface area contributed by atoms with Crippen LogP contribution in [0.4, 0.5) is 5.82 Å². The minimum absolute atomic E-state index is 0.151. The molecule has 1 unspecified atom stereocenters. The van der Waals surface area contributed by atoms with Crippen LogP contribution in [0.15, 0.2) is 36.5 Å². The molecule has 3 heterocycles. The van der Waals surface area contributed by atoms with Crippen molar-refractivity contribution in [3.8, 4) is 0 Å². The van der Waals surface area contributed by atoms with E-state index in [2.05, 4.69) is 15.2 Å². The number of benzene rings is 1. The summed E-state index contributed by atoms with van der Waals surface area (Å²) in [4.78, 5) is 44.4. The zero-order valence-corrected chi connectivity index (χ0v) is 16.2. The molecular formula is C21H23N5O3. The molecule has 8 heteroatoms. The number of carbonyl (C=O) groups excluding carboxylic acids is 3. The number of pyridine rings is 1. The van der Waals surface area contributed by atoms with Gasteiger partial charge >= 0.3 is 0 Å². The van der Waals surface area contributed by atoms with E-state index < -0.39 is 11.9 Å². The molecule has 1 atom stereocenters. The van der Waals surface area contributed by atoms with Crippen LogP contribution in [0.3, 0.4) is 0 Å². The van der Waals surface area contributed by atoms with Gasteiger partial charge in [-0.05, 0) is 42.3 Å². The van der Waals surface area contributed by atoms with E-state index >= 15 is 0 Å². The molecule has 0 aliphatic carbocycles. The van der Waals surface area contributed by atoms with E-state index in [1.807, 2.05) is 25.2 Å². The fourth-order valence-corrected chi connectivity index (χ4v) is 3.99. The minimum Gasteiger partial charge on any atom is -0.384 e. The van der Waals surface area contributed by atoms with E-state index in [-0.39, 0.29) is 18.2 Å². The summed E-state index contributed by atoms with van der Waals surface area (Å²) >= 11 is 0. The van der Waals surface area contributed by atoms with Crippen LogP contribution in [0.1, 0.15) is 39.9 Å². The number of aromatic nitrogens is 1. The highest BCUT2D eigenvalue weighted by Crippen LogP contribution is 2.30. The van der Waals surface area contributed by atoms with Crippen molar-refractivity contribution in [2.75, 3.05) is 12.8 Å². The monoisotopic (exact) mass is 393 g/mol. The molecule has 2 aliphatic heterocycles. The molecule has 2 aliphatic rings. The summed E-state index contributed by atoms with van der Waals surface area (Å²) in [5, 5.41) is 2.34. The number of hydrogen-bond donors (Lipinski definition) is 2. The van der Waals surface area contributed by atoms with Gasteiger partial charge in [0.1, 0.15) is 11.9 Å². The quantitative estimate of drug-likeness (QED) is 0.736. The molecule has 29 heavy (non-hydrogen) atoms. The number of amides is 3. The number of fused-ring (bicyclic) bond motifs is 1. The summed E-state index contributed by atoms with van der Waals surface area (Å²) in [7, 11) is 2.00. The first kappa shape index (κ1) is 19.1. The van der Waals surface area contributed by atoms with Gasteiger partial charge in [-0.25, -0.2) is 4.98 Å². The molecule has 8 nitrogen and oxygen atoms in total. The zero-order valence-electron chi connectivity index (χ0n) is 16.2. The molecule has 0 radical (unpaired) electrons. The second-order valence-electron chi connectivity index (χ2n) is 7.61. The van der Waals surface area contributed by atoms with E-state index in [1.54, 1.807) is 23.2 Å². The third-order valence-corrected chi connectivity index (χ3v) is 5.42. The molecule has 1 saturated heterocycles. The zero-order chi connectivity index (χ0) is 20.5. The first-order chi connectivity index (χ1) is 13.9. The van der Waals surface area contributed by atoms with Gasteiger partial charge in [0.25, 0.3) is 5.91 Å². The molecule has 2 aromatic rings. The molecule has 4 rings (SSSR count). The van der Waals surface area contributed by atoms with Gasteiger partial charge in [0.05, 0.1) is 0 Å². The summed E-state index contributed by atoms with van der Waals surface area (Å²) in [6.07, 6.45) is 2.38. The lowest BCUT2D eigenvalue weighted by molar-refractivity contribution is -0.136. The van der Waals surface area contributed by atoms with Gasteiger partial charge in [-0.3, -0.25) is 24.6 Å². The highest BCUT2D eigenvalue weighted by atomic mass is 16.2. The van der Waals surface area contributed by atoms with E-state index in [0.29, 0.717) is 37.4 Å². The topological polar surface area (TPSA) is 109 Å². The number of nitrogens with two attached hydrogens (primary N) is 1. The lowest BCUT2D eigenvalue weighted by atomic mass is 10.0. The van der Waals surface area contributed by atoms with Gasteiger partial charge in [0, 0.05) is 37.8 Å². The molecule has 0 bridgehead atoms. The summed E-state index contributed by atoms with van der Waals surface area (Å²) < 4.78 is 0. The highest BCUT2D eigenvalue weighted by Gasteiger charge is 2.39. The lowest BCUT2D eigenvalue weighted by Crippen LogP contribution is -2.52. The SMILES string of the molecule is CN(Cc1ccc(N)nc1)Cc1cccc2c1CN(C1CCC(=O)NC1=O)C2=O. The largest absolute Gasteiger partial charge is 0.384 e. The Morgan fingerprint density at radius 2 is 2.03 bits per heavy atom. The average Bonchev–Trinajstić information content (AvgIpc) is 3.01. The van der Waals surface area contributed by atoms with Crippen LogP contribution in [-0.2, 0) is 29.2 Å². The molecule has 0 spiro atoms. The number of imide groups is 1. The van der Waals surface area contributed by atoms with Gasteiger partial charge in [-0.1, -0.05) is 18.2 Å². The third-order valence-electron chi connectivity index (χ3n) is 5.42. The standard InChI is InChI=1S/C21H23N5O3/c1-25(10-13-5-7-18(22)23-9-13)11-14-3-2-4-15-16(14)12-26(21(15)29)17-6-8-19(27)24-20(17)28/h2-5,7,9,17H,6,8,10-12H2,1H3,(H2,22,23)(H,24,27,28). The normalized spacial score (nSPS) is 18.9. The number of anilines is 1. The van der Waals surface area contributed by atoms with Gasteiger partial charge in [-0.15, -0.1) is 0 Å². The fourth-order valence-electron chi connectivity index (χ4n) is 3.99. The van der Waals surface area contributed by atoms with Crippen LogP contribution in [0.2, 0.25) is 0 Å². The van der Waals surface area contributed by atoms with E-state index in [1.165, 1.54) is 0 Å². The van der Waals surface area contributed by atoms with Crippen LogP contribution in [0, 0.1) is 0 Å². The first-order valence-electron chi connectivity index (χ1n) is 9.57. The number of carbonyl (C=O) groups is 3. The Morgan fingerprint density at radius 1 is 1.21 bits per heavy atom. The van der Waals surface area contributed by atoms with Crippen LogP contribution in [-0.4, -0.2) is 45.6 Å². The van der Waals surface area contributed by atoms with Crippen molar-refractivity contribution < 1.29 is 14.4 Å². The average molecular weight is 393 g/mol. The Bertz CT molecular complexity index is 973. The van der Waals surface area contributed by atoms with E-state index in [9.17, 15) is 14.4 Å². The van der Waals surface area contributed by atoms with Crippen LogP contribution >= 0.6 is 0 Å². The maximum absolute atomic E-state index is 12.9. The molecule has 3 amide bonds.